The topological polar surface area (TPSA) is 78.4 Å². The third-order valence-electron chi connectivity index (χ3n) is 9.79. The molecule has 1 aromatic heterocycles. The van der Waals surface area contributed by atoms with Crippen LogP contribution in [0.3, 0.4) is 0 Å². The fourth-order valence-electron chi connectivity index (χ4n) is 7.07. The third-order valence-corrected chi connectivity index (χ3v) is 10.1. The predicted octanol–water partition coefficient (Wildman–Crippen LogP) is 6.69. The SMILES string of the molecule is CC(=O)N1CCC2(CCC(C(=O)N3CCC(Nc4ncc(Cl)c(-c5cccc(-c6ccccc6)c5)n4)CC3)CC2)CC1. The largest absolute Gasteiger partial charge is 0.351 e. The minimum Gasteiger partial charge on any atom is -0.351 e. The number of likely N-dealkylation sites (tertiary alicyclic amines) is 2. The summed E-state index contributed by atoms with van der Waals surface area (Å²) in [6.07, 6.45) is 9.74. The van der Waals surface area contributed by atoms with Gasteiger partial charge in [0.25, 0.3) is 0 Å². The zero-order chi connectivity index (χ0) is 29.1. The quantitative estimate of drug-likeness (QED) is 0.361. The van der Waals surface area contributed by atoms with E-state index in [2.05, 4.69) is 39.5 Å². The molecule has 6 rings (SSSR count). The number of piperidine rings is 2. The van der Waals surface area contributed by atoms with Gasteiger partial charge in [-0.25, -0.2) is 9.97 Å². The Morgan fingerprint density at radius 1 is 0.833 bits per heavy atom. The van der Waals surface area contributed by atoms with E-state index in [1.165, 1.54) is 0 Å². The number of nitrogens with zero attached hydrogens (tertiary/aromatic N) is 4. The van der Waals surface area contributed by atoms with Crippen LogP contribution >= 0.6 is 11.6 Å². The number of amides is 2. The summed E-state index contributed by atoms with van der Waals surface area (Å²) in [6.45, 7) is 4.91. The lowest BCUT2D eigenvalue weighted by Crippen LogP contribution is -2.47. The van der Waals surface area contributed by atoms with Crippen molar-refractivity contribution in [2.45, 2.75) is 64.3 Å². The molecule has 3 fully saturated rings. The molecule has 0 unspecified atom stereocenters. The number of carbonyl (C=O) groups is 2. The Morgan fingerprint density at radius 3 is 2.19 bits per heavy atom. The molecule has 1 spiro atoms. The van der Waals surface area contributed by atoms with Gasteiger partial charge in [0, 0.05) is 50.6 Å². The van der Waals surface area contributed by atoms with Crippen molar-refractivity contribution in [2.75, 3.05) is 31.5 Å². The molecule has 2 aliphatic heterocycles. The molecule has 2 amide bonds. The van der Waals surface area contributed by atoms with Crippen LogP contribution in [0.5, 0.6) is 0 Å². The van der Waals surface area contributed by atoms with Gasteiger partial charge in [0.2, 0.25) is 17.8 Å². The molecule has 0 bridgehead atoms. The molecule has 3 aromatic rings. The molecule has 1 N–H and O–H groups in total. The first kappa shape index (κ1) is 28.7. The van der Waals surface area contributed by atoms with Crippen molar-refractivity contribution >= 4 is 29.4 Å². The molecule has 1 aliphatic carbocycles. The molecule has 2 saturated heterocycles. The second kappa shape index (κ2) is 12.4. The summed E-state index contributed by atoms with van der Waals surface area (Å²) in [5.74, 6) is 1.22. The number of halogens is 1. The van der Waals surface area contributed by atoms with E-state index >= 15 is 0 Å². The van der Waals surface area contributed by atoms with E-state index in [4.69, 9.17) is 16.6 Å². The van der Waals surface area contributed by atoms with E-state index in [0.717, 1.165) is 94.2 Å². The van der Waals surface area contributed by atoms with Crippen LogP contribution in [0.2, 0.25) is 5.02 Å². The first-order chi connectivity index (χ1) is 20.4. The Morgan fingerprint density at radius 2 is 1.50 bits per heavy atom. The van der Waals surface area contributed by atoms with Crippen LogP contribution in [0.1, 0.15) is 58.3 Å². The summed E-state index contributed by atoms with van der Waals surface area (Å²) < 4.78 is 0. The second-order valence-electron chi connectivity index (χ2n) is 12.4. The lowest BCUT2D eigenvalue weighted by atomic mass is 9.65. The van der Waals surface area contributed by atoms with Crippen LogP contribution in [-0.4, -0.2) is 63.8 Å². The molecule has 7 nitrogen and oxygen atoms in total. The highest BCUT2D eigenvalue weighted by Gasteiger charge is 2.41. The fourth-order valence-corrected chi connectivity index (χ4v) is 7.27. The highest BCUT2D eigenvalue weighted by molar-refractivity contribution is 6.32. The summed E-state index contributed by atoms with van der Waals surface area (Å²) in [5, 5.41) is 4.03. The van der Waals surface area contributed by atoms with Gasteiger partial charge in [0.05, 0.1) is 16.9 Å². The highest BCUT2D eigenvalue weighted by Crippen LogP contribution is 2.46. The summed E-state index contributed by atoms with van der Waals surface area (Å²) in [4.78, 5) is 38.4. The van der Waals surface area contributed by atoms with Crippen molar-refractivity contribution in [3.8, 4) is 22.4 Å². The van der Waals surface area contributed by atoms with Gasteiger partial charge in [-0.3, -0.25) is 9.59 Å². The van der Waals surface area contributed by atoms with E-state index in [9.17, 15) is 9.59 Å². The summed E-state index contributed by atoms with van der Waals surface area (Å²) in [5.41, 5.74) is 4.25. The Bertz CT molecular complexity index is 1400. The molecular formula is C34H40ClN5O2. The lowest BCUT2D eigenvalue weighted by molar-refractivity contribution is -0.139. The number of benzene rings is 2. The van der Waals surface area contributed by atoms with Crippen LogP contribution in [-0.2, 0) is 9.59 Å². The average molecular weight is 586 g/mol. The third kappa shape index (κ3) is 6.31. The van der Waals surface area contributed by atoms with Gasteiger partial charge in [-0.05, 0) is 74.0 Å². The van der Waals surface area contributed by atoms with Crippen LogP contribution in [0, 0.1) is 11.3 Å². The van der Waals surface area contributed by atoms with Gasteiger partial charge in [-0.1, -0.05) is 60.1 Å². The zero-order valence-electron chi connectivity index (χ0n) is 24.4. The molecule has 0 radical (unpaired) electrons. The molecule has 0 atom stereocenters. The van der Waals surface area contributed by atoms with Crippen LogP contribution in [0.25, 0.3) is 22.4 Å². The van der Waals surface area contributed by atoms with Crippen molar-refractivity contribution in [2.24, 2.45) is 11.3 Å². The highest BCUT2D eigenvalue weighted by atomic mass is 35.5. The minimum absolute atomic E-state index is 0.139. The van der Waals surface area contributed by atoms with E-state index in [1.54, 1.807) is 13.1 Å². The van der Waals surface area contributed by atoms with Crippen molar-refractivity contribution in [1.82, 2.24) is 19.8 Å². The molecular weight excluding hydrogens is 546 g/mol. The Labute approximate surface area is 253 Å². The van der Waals surface area contributed by atoms with Gasteiger partial charge < -0.3 is 15.1 Å². The normalized spacial score (nSPS) is 19.6. The van der Waals surface area contributed by atoms with Crippen LogP contribution in [0.15, 0.2) is 60.8 Å². The summed E-state index contributed by atoms with van der Waals surface area (Å²) in [6, 6.07) is 18.7. The van der Waals surface area contributed by atoms with Crippen molar-refractivity contribution in [3.05, 3.63) is 65.8 Å². The predicted molar refractivity (Wildman–Crippen MR) is 167 cm³/mol. The molecule has 3 aliphatic rings. The van der Waals surface area contributed by atoms with Crippen molar-refractivity contribution in [3.63, 3.8) is 0 Å². The van der Waals surface area contributed by atoms with Gasteiger partial charge in [0.15, 0.2) is 0 Å². The lowest BCUT2D eigenvalue weighted by Gasteiger charge is -2.46. The van der Waals surface area contributed by atoms with Crippen LogP contribution < -0.4 is 5.32 Å². The number of aromatic nitrogens is 2. The average Bonchev–Trinajstić information content (AvgIpc) is 3.03. The summed E-state index contributed by atoms with van der Waals surface area (Å²) in [7, 11) is 0. The maximum atomic E-state index is 13.4. The maximum absolute atomic E-state index is 13.4. The molecule has 42 heavy (non-hydrogen) atoms. The monoisotopic (exact) mass is 585 g/mol. The van der Waals surface area contributed by atoms with E-state index in [-0.39, 0.29) is 17.9 Å². The molecule has 3 heterocycles. The molecule has 220 valence electrons. The molecule has 8 heteroatoms. The van der Waals surface area contributed by atoms with E-state index in [0.29, 0.717) is 28.0 Å². The van der Waals surface area contributed by atoms with E-state index in [1.807, 2.05) is 35.2 Å². The van der Waals surface area contributed by atoms with Gasteiger partial charge in [-0.2, -0.15) is 0 Å². The minimum atomic E-state index is 0.139. The number of carbonyl (C=O) groups excluding carboxylic acids is 2. The summed E-state index contributed by atoms with van der Waals surface area (Å²) >= 11 is 6.55. The van der Waals surface area contributed by atoms with Gasteiger partial charge >= 0.3 is 0 Å². The Balaban J connectivity index is 1.02. The first-order valence-corrected chi connectivity index (χ1v) is 15.8. The smallest absolute Gasteiger partial charge is 0.225 e. The van der Waals surface area contributed by atoms with E-state index < -0.39 is 0 Å². The standard InChI is InChI=1S/C34H40ClN5O2/c1-24(41)39-20-16-34(17-21-39)14-10-26(11-15-34)32(42)40-18-12-29(13-19-40)37-33-36-23-30(35)31(38-33)28-9-5-8-27(22-28)25-6-3-2-4-7-25/h2-9,22-23,26,29H,10-21H2,1H3,(H,36,37,38). The number of nitrogens with one attached hydrogen (secondary N) is 1. The number of rotatable bonds is 5. The van der Waals surface area contributed by atoms with Crippen LogP contribution in [0.4, 0.5) is 5.95 Å². The Hall–Kier alpha value is -3.45. The molecule has 1 saturated carbocycles. The Kier molecular flexibility index (Phi) is 8.48. The zero-order valence-corrected chi connectivity index (χ0v) is 25.2. The maximum Gasteiger partial charge on any atom is 0.225 e. The van der Waals surface area contributed by atoms with Crippen molar-refractivity contribution in [1.29, 1.82) is 0 Å². The van der Waals surface area contributed by atoms with Gasteiger partial charge in [0.1, 0.15) is 0 Å². The first-order valence-electron chi connectivity index (χ1n) is 15.4. The number of hydrogen-bond donors (Lipinski definition) is 1. The van der Waals surface area contributed by atoms with Gasteiger partial charge in [-0.15, -0.1) is 0 Å². The fraction of sp³-hybridized carbons (Fsp3) is 0.471. The second-order valence-corrected chi connectivity index (χ2v) is 12.8. The molecule has 2 aromatic carbocycles. The number of hydrogen-bond acceptors (Lipinski definition) is 5. The number of anilines is 1. The van der Waals surface area contributed by atoms with Crippen molar-refractivity contribution < 1.29 is 9.59 Å².